The van der Waals surface area contributed by atoms with E-state index in [2.05, 4.69) is 55.6 Å². The summed E-state index contributed by atoms with van der Waals surface area (Å²) < 4.78 is 23.0. The van der Waals surface area contributed by atoms with Crippen LogP contribution in [0.4, 0.5) is 0 Å². The molecule has 0 aromatic rings. The van der Waals surface area contributed by atoms with Gasteiger partial charge in [0, 0.05) is 6.42 Å². The number of likely N-dealkylation sites (N-methyl/N-ethyl adjacent to an activating group) is 1. The number of quaternary nitrogens is 1. The highest BCUT2D eigenvalue weighted by Crippen LogP contribution is 2.38. The van der Waals surface area contributed by atoms with Crippen LogP contribution in [-0.2, 0) is 18.4 Å². The lowest BCUT2D eigenvalue weighted by atomic mass is 10.0. The van der Waals surface area contributed by atoms with Crippen molar-refractivity contribution < 1.29 is 32.9 Å². The second kappa shape index (κ2) is 29.8. The number of allylic oxidation sites excluding steroid dienone is 6. The van der Waals surface area contributed by atoms with Crippen LogP contribution in [0.15, 0.2) is 36.5 Å². The third-order valence-corrected chi connectivity index (χ3v) is 8.81. The molecule has 0 rings (SSSR count). The number of aliphatic hydroxyl groups excluding tert-OH is 1. The minimum absolute atomic E-state index is 0.00262. The molecule has 270 valence electrons. The zero-order chi connectivity index (χ0) is 34.4. The molecule has 0 bridgehead atoms. The van der Waals surface area contributed by atoms with Crippen molar-refractivity contribution in [2.24, 2.45) is 0 Å². The fourth-order valence-corrected chi connectivity index (χ4v) is 5.55. The monoisotopic (exact) mass is 671 g/mol. The molecular formula is C37H71N2O6P. The van der Waals surface area contributed by atoms with Crippen molar-refractivity contribution in [2.75, 3.05) is 40.9 Å². The molecule has 0 aromatic heterocycles. The lowest BCUT2D eigenvalue weighted by molar-refractivity contribution is -0.870. The lowest BCUT2D eigenvalue weighted by Gasteiger charge is -2.30. The van der Waals surface area contributed by atoms with Gasteiger partial charge in [-0.3, -0.25) is 9.36 Å². The predicted octanol–water partition coefficient (Wildman–Crippen LogP) is 8.55. The van der Waals surface area contributed by atoms with Crippen LogP contribution in [0, 0.1) is 0 Å². The third-order valence-electron chi connectivity index (χ3n) is 7.85. The van der Waals surface area contributed by atoms with Crippen LogP contribution in [0.5, 0.6) is 0 Å². The standard InChI is InChI=1S/C37H71N2O6P/c1-6-8-10-12-14-16-17-18-19-20-21-23-25-27-29-31-37(41)38-35(34-45-46(42,43)44-33-32-39(3,4)5)36(40)30-28-26-24-22-15-13-11-9-7-2/h14-16,18-19,22,35-36,40H,6-13,17,20-21,23-34H2,1-5H3,(H-,38,41,42,43)/b16-14+,19-18+,22-15+/t35-,36+/m0/s1. The van der Waals surface area contributed by atoms with Gasteiger partial charge in [0.15, 0.2) is 0 Å². The van der Waals surface area contributed by atoms with Gasteiger partial charge in [-0.15, -0.1) is 0 Å². The van der Waals surface area contributed by atoms with Crippen molar-refractivity contribution in [1.29, 1.82) is 0 Å². The Balaban J connectivity index is 4.52. The fraction of sp³-hybridized carbons (Fsp3) is 0.811. The second-order valence-electron chi connectivity index (χ2n) is 13.6. The summed E-state index contributed by atoms with van der Waals surface area (Å²) in [6.07, 6.45) is 32.9. The van der Waals surface area contributed by atoms with E-state index in [9.17, 15) is 19.4 Å². The number of nitrogens with one attached hydrogen (secondary N) is 1. The van der Waals surface area contributed by atoms with E-state index in [0.29, 0.717) is 23.9 Å². The molecule has 8 nitrogen and oxygen atoms in total. The zero-order valence-electron chi connectivity index (χ0n) is 30.3. The molecule has 0 radical (unpaired) electrons. The maximum Gasteiger partial charge on any atom is 0.268 e. The molecule has 0 saturated carbocycles. The van der Waals surface area contributed by atoms with E-state index in [-0.39, 0.29) is 19.1 Å². The van der Waals surface area contributed by atoms with Gasteiger partial charge in [-0.1, -0.05) is 102 Å². The molecule has 9 heteroatoms. The number of carbonyl (C=O) groups is 1. The van der Waals surface area contributed by atoms with Gasteiger partial charge in [0.1, 0.15) is 13.2 Å². The Hall–Kier alpha value is -1.28. The molecule has 3 atom stereocenters. The molecule has 0 aliphatic rings. The molecule has 0 aliphatic heterocycles. The predicted molar refractivity (Wildman–Crippen MR) is 191 cm³/mol. The Morgan fingerprint density at radius 2 is 1.26 bits per heavy atom. The molecule has 0 saturated heterocycles. The largest absolute Gasteiger partial charge is 0.756 e. The number of aliphatic hydroxyl groups is 1. The molecule has 0 aliphatic carbocycles. The number of rotatable bonds is 32. The van der Waals surface area contributed by atoms with Crippen LogP contribution in [0.2, 0.25) is 0 Å². The molecule has 2 N–H and O–H groups in total. The Morgan fingerprint density at radius 1 is 0.761 bits per heavy atom. The van der Waals surface area contributed by atoms with E-state index in [0.717, 1.165) is 70.6 Å². The van der Waals surface area contributed by atoms with E-state index in [1.807, 2.05) is 21.1 Å². The Labute approximate surface area is 283 Å². The quantitative estimate of drug-likeness (QED) is 0.0321. The maximum absolute atomic E-state index is 12.7. The summed E-state index contributed by atoms with van der Waals surface area (Å²) in [6, 6.07) is -0.820. The van der Waals surface area contributed by atoms with Crippen LogP contribution in [0.1, 0.15) is 142 Å². The van der Waals surface area contributed by atoms with Crippen molar-refractivity contribution in [3.05, 3.63) is 36.5 Å². The van der Waals surface area contributed by atoms with E-state index in [4.69, 9.17) is 9.05 Å². The summed E-state index contributed by atoms with van der Waals surface area (Å²) >= 11 is 0. The zero-order valence-corrected chi connectivity index (χ0v) is 31.2. The van der Waals surface area contributed by atoms with Gasteiger partial charge in [0.25, 0.3) is 7.82 Å². The minimum atomic E-state index is -4.56. The maximum atomic E-state index is 12.7. The molecule has 1 amide bonds. The SMILES string of the molecule is CCCCC/C=C/C/C=C/CCCCCCCC(=O)N[C@@H](COP(=O)([O-])OCC[N+](C)(C)C)[C@H](O)CCCC/C=C/CCCCC. The molecule has 0 spiro atoms. The fourth-order valence-electron chi connectivity index (χ4n) is 4.82. The topological polar surface area (TPSA) is 108 Å². The van der Waals surface area contributed by atoms with Gasteiger partial charge < -0.3 is 28.8 Å². The summed E-state index contributed by atoms with van der Waals surface area (Å²) in [6.45, 7) is 4.58. The number of amides is 1. The lowest BCUT2D eigenvalue weighted by Crippen LogP contribution is -2.46. The van der Waals surface area contributed by atoms with Crippen LogP contribution >= 0.6 is 7.82 Å². The highest BCUT2D eigenvalue weighted by molar-refractivity contribution is 7.45. The number of phosphoric acid groups is 1. The van der Waals surface area contributed by atoms with E-state index >= 15 is 0 Å². The minimum Gasteiger partial charge on any atom is -0.756 e. The molecule has 46 heavy (non-hydrogen) atoms. The average Bonchev–Trinajstić information content (AvgIpc) is 2.99. The normalized spacial score (nSPS) is 15.2. The van der Waals surface area contributed by atoms with Crippen LogP contribution in [-0.4, -0.2) is 68.5 Å². The molecule has 0 fully saturated rings. The van der Waals surface area contributed by atoms with Gasteiger partial charge >= 0.3 is 0 Å². The summed E-state index contributed by atoms with van der Waals surface area (Å²) in [5.74, 6) is -0.194. The first kappa shape index (κ1) is 44.7. The highest BCUT2D eigenvalue weighted by atomic mass is 31.2. The van der Waals surface area contributed by atoms with Gasteiger partial charge in [-0.25, -0.2) is 0 Å². The number of hydrogen-bond acceptors (Lipinski definition) is 6. The van der Waals surface area contributed by atoms with E-state index < -0.39 is 20.0 Å². The molecule has 1 unspecified atom stereocenters. The highest BCUT2D eigenvalue weighted by Gasteiger charge is 2.24. The van der Waals surface area contributed by atoms with Gasteiger partial charge in [-0.2, -0.15) is 0 Å². The Morgan fingerprint density at radius 3 is 1.83 bits per heavy atom. The third kappa shape index (κ3) is 31.3. The summed E-state index contributed by atoms with van der Waals surface area (Å²) in [4.78, 5) is 25.1. The number of carbonyl (C=O) groups excluding carboxylic acids is 1. The molecule has 0 aromatic carbocycles. The van der Waals surface area contributed by atoms with E-state index in [1.54, 1.807) is 0 Å². The summed E-state index contributed by atoms with van der Waals surface area (Å²) in [7, 11) is 1.27. The summed E-state index contributed by atoms with van der Waals surface area (Å²) in [5.41, 5.74) is 0. The number of unbranched alkanes of at least 4 members (excludes halogenated alkanes) is 13. The Bertz CT molecular complexity index is 855. The molecular weight excluding hydrogens is 599 g/mol. The van der Waals surface area contributed by atoms with Crippen molar-refractivity contribution in [3.63, 3.8) is 0 Å². The first-order valence-electron chi connectivity index (χ1n) is 18.3. The van der Waals surface area contributed by atoms with Gasteiger partial charge in [0.05, 0.1) is 39.9 Å². The van der Waals surface area contributed by atoms with E-state index in [1.165, 1.54) is 44.9 Å². The average molecular weight is 671 g/mol. The van der Waals surface area contributed by atoms with Crippen molar-refractivity contribution >= 4 is 13.7 Å². The smallest absolute Gasteiger partial charge is 0.268 e. The number of nitrogens with zero attached hydrogens (tertiary/aromatic N) is 1. The van der Waals surface area contributed by atoms with Gasteiger partial charge in [-0.05, 0) is 70.6 Å². The van der Waals surface area contributed by atoms with Crippen molar-refractivity contribution in [2.45, 2.75) is 154 Å². The van der Waals surface area contributed by atoms with Crippen molar-refractivity contribution in [3.8, 4) is 0 Å². The van der Waals surface area contributed by atoms with Crippen LogP contribution in [0.25, 0.3) is 0 Å². The van der Waals surface area contributed by atoms with Crippen molar-refractivity contribution in [1.82, 2.24) is 5.32 Å². The first-order chi connectivity index (χ1) is 22.0. The number of hydrogen-bond donors (Lipinski definition) is 2. The Kier molecular flexibility index (Phi) is 29.0. The van der Waals surface area contributed by atoms with Crippen LogP contribution in [0.3, 0.4) is 0 Å². The second-order valence-corrected chi connectivity index (χ2v) is 15.0. The van der Waals surface area contributed by atoms with Crippen LogP contribution < -0.4 is 10.2 Å². The van der Waals surface area contributed by atoms with Gasteiger partial charge in [0.2, 0.25) is 5.91 Å². The summed E-state index contributed by atoms with van der Waals surface area (Å²) in [5, 5.41) is 13.7. The number of phosphoric ester groups is 1. The first-order valence-corrected chi connectivity index (χ1v) is 19.8. The molecule has 0 heterocycles.